The van der Waals surface area contributed by atoms with Gasteiger partial charge >= 0.3 is 0 Å². The Morgan fingerprint density at radius 3 is 2.59 bits per heavy atom. The smallest absolute Gasteiger partial charge is 0.274 e. The van der Waals surface area contributed by atoms with Crippen LogP contribution < -0.4 is 19.9 Å². The lowest BCUT2D eigenvalue weighted by Gasteiger charge is -2.34. The first-order valence-electron chi connectivity index (χ1n) is 12.4. The highest BCUT2D eigenvalue weighted by molar-refractivity contribution is 6.04. The number of hydrogen-bond acceptors (Lipinski definition) is 6. The highest BCUT2D eigenvalue weighted by Crippen LogP contribution is 2.49. The number of hydrogen-bond donors (Lipinski definition) is 1. The molecular weight excluding hydrogens is 472 g/mol. The van der Waals surface area contributed by atoms with Crippen LogP contribution in [0.4, 0.5) is 5.69 Å². The molecule has 9 heteroatoms. The van der Waals surface area contributed by atoms with Gasteiger partial charge in [0, 0.05) is 62.1 Å². The van der Waals surface area contributed by atoms with Gasteiger partial charge in [0.25, 0.3) is 11.5 Å². The molecule has 1 N–H and O–H groups in total. The third kappa shape index (κ3) is 4.36. The number of carbonyl (C=O) groups is 1. The predicted octanol–water partition coefficient (Wildman–Crippen LogP) is 3.38. The molecule has 6 rings (SSSR count). The zero-order valence-corrected chi connectivity index (χ0v) is 20.6. The Balaban J connectivity index is 1.51. The van der Waals surface area contributed by atoms with Gasteiger partial charge in [0.2, 0.25) is 0 Å². The van der Waals surface area contributed by atoms with Crippen molar-refractivity contribution in [1.29, 1.82) is 0 Å². The van der Waals surface area contributed by atoms with Crippen LogP contribution in [-0.2, 0) is 16.6 Å². The molecule has 0 radical (unpaired) electrons. The van der Waals surface area contributed by atoms with E-state index in [0.717, 1.165) is 29.6 Å². The molecule has 2 aromatic carbocycles. The van der Waals surface area contributed by atoms with Gasteiger partial charge in [0.05, 0.1) is 13.2 Å². The number of aromatic nitrogens is 2. The van der Waals surface area contributed by atoms with E-state index in [1.807, 2.05) is 54.7 Å². The molecule has 0 saturated carbocycles. The minimum absolute atomic E-state index is 0.0257. The molecule has 1 fully saturated rings. The SMILES string of the molecule is Cn1cc(-c2ccc3c(c2Oc2ccccc2)N(CCN2CCOCC2)C(=O)CO3)c2cc[nH]c2c1=O. The van der Waals surface area contributed by atoms with Crippen molar-refractivity contribution >= 4 is 22.5 Å². The molecule has 9 nitrogen and oxygen atoms in total. The van der Waals surface area contributed by atoms with Crippen LogP contribution in [0, 0.1) is 0 Å². The van der Waals surface area contributed by atoms with Crippen molar-refractivity contribution in [2.75, 3.05) is 50.9 Å². The maximum absolute atomic E-state index is 13.2. The van der Waals surface area contributed by atoms with E-state index in [1.54, 1.807) is 22.7 Å². The topological polar surface area (TPSA) is 89.0 Å². The molecule has 2 aliphatic heterocycles. The third-order valence-corrected chi connectivity index (χ3v) is 6.91. The minimum atomic E-state index is -0.122. The molecule has 1 saturated heterocycles. The van der Waals surface area contributed by atoms with Crippen LogP contribution in [0.1, 0.15) is 0 Å². The maximum Gasteiger partial charge on any atom is 0.274 e. The predicted molar refractivity (Wildman–Crippen MR) is 141 cm³/mol. The lowest BCUT2D eigenvalue weighted by molar-refractivity contribution is -0.121. The number of nitrogens with zero attached hydrogens (tertiary/aromatic N) is 3. The fourth-order valence-electron chi connectivity index (χ4n) is 4.98. The van der Waals surface area contributed by atoms with Crippen LogP contribution in [0.3, 0.4) is 0 Å². The number of carbonyl (C=O) groups excluding carboxylic acids is 1. The number of anilines is 1. The van der Waals surface area contributed by atoms with Gasteiger partial charge in [-0.25, -0.2) is 0 Å². The molecule has 0 atom stereocenters. The Bertz CT molecular complexity index is 1500. The summed E-state index contributed by atoms with van der Waals surface area (Å²) in [5.41, 5.74) is 2.58. The van der Waals surface area contributed by atoms with Crippen LogP contribution in [-0.4, -0.2) is 66.4 Å². The van der Waals surface area contributed by atoms with Crippen molar-refractivity contribution in [3.63, 3.8) is 0 Å². The zero-order valence-electron chi connectivity index (χ0n) is 20.6. The molecule has 0 aliphatic carbocycles. The highest BCUT2D eigenvalue weighted by Gasteiger charge is 2.32. The number of pyridine rings is 1. The summed E-state index contributed by atoms with van der Waals surface area (Å²) in [5.74, 6) is 1.62. The summed E-state index contributed by atoms with van der Waals surface area (Å²) in [7, 11) is 1.73. The fraction of sp³-hybridized carbons (Fsp3) is 0.286. The van der Waals surface area contributed by atoms with Crippen LogP contribution in [0.5, 0.6) is 17.2 Å². The van der Waals surface area contributed by atoms with E-state index < -0.39 is 0 Å². The first-order chi connectivity index (χ1) is 18.1. The maximum atomic E-state index is 13.2. The Morgan fingerprint density at radius 1 is 0.973 bits per heavy atom. The second-order valence-electron chi connectivity index (χ2n) is 9.22. The highest BCUT2D eigenvalue weighted by atomic mass is 16.5. The average Bonchev–Trinajstić information content (AvgIpc) is 3.42. The van der Waals surface area contributed by atoms with Gasteiger partial charge in [-0.1, -0.05) is 18.2 Å². The van der Waals surface area contributed by atoms with Crippen molar-refractivity contribution < 1.29 is 19.0 Å². The monoisotopic (exact) mass is 500 g/mol. The first-order valence-corrected chi connectivity index (χ1v) is 12.4. The molecule has 190 valence electrons. The number of amides is 1. The van der Waals surface area contributed by atoms with Crippen LogP contribution >= 0.6 is 0 Å². The normalized spacial score (nSPS) is 16.0. The van der Waals surface area contributed by atoms with Crippen molar-refractivity contribution in [3.05, 3.63) is 71.3 Å². The van der Waals surface area contributed by atoms with Crippen molar-refractivity contribution in [2.24, 2.45) is 7.05 Å². The Labute approximate surface area is 213 Å². The molecule has 1 amide bonds. The van der Waals surface area contributed by atoms with E-state index in [0.29, 0.717) is 54.8 Å². The van der Waals surface area contributed by atoms with E-state index in [9.17, 15) is 9.59 Å². The first kappa shape index (κ1) is 23.3. The number of aryl methyl sites for hydroxylation is 1. The molecule has 4 aromatic rings. The third-order valence-electron chi connectivity index (χ3n) is 6.91. The lowest BCUT2D eigenvalue weighted by Crippen LogP contribution is -2.46. The largest absolute Gasteiger partial charge is 0.481 e. The van der Waals surface area contributed by atoms with E-state index >= 15 is 0 Å². The molecule has 2 aromatic heterocycles. The number of rotatable bonds is 6. The number of ether oxygens (including phenoxy) is 3. The van der Waals surface area contributed by atoms with E-state index in [4.69, 9.17) is 14.2 Å². The Morgan fingerprint density at radius 2 is 1.78 bits per heavy atom. The van der Waals surface area contributed by atoms with Gasteiger partial charge in [-0.05, 0) is 30.3 Å². The lowest BCUT2D eigenvalue weighted by atomic mass is 10.00. The molecule has 0 spiro atoms. The molecule has 0 unspecified atom stereocenters. The molecule has 0 bridgehead atoms. The van der Waals surface area contributed by atoms with E-state index in [-0.39, 0.29) is 18.1 Å². The standard InChI is InChI=1S/C28H28N4O5/c1-30-17-22(20-9-10-29-25(20)28(30)34)21-7-8-23-26(27(21)37-19-5-3-2-4-6-19)32(24(33)18-36-23)12-11-31-13-15-35-16-14-31/h2-10,17,29H,11-16,18H2,1H3. The van der Waals surface area contributed by atoms with Crippen LogP contribution in [0.25, 0.3) is 22.0 Å². The fourth-order valence-corrected chi connectivity index (χ4v) is 4.98. The summed E-state index contributed by atoms with van der Waals surface area (Å²) in [6.45, 7) is 4.24. The number of nitrogens with one attached hydrogen (secondary N) is 1. The second kappa shape index (κ2) is 9.76. The van der Waals surface area contributed by atoms with Gasteiger partial charge in [-0.3, -0.25) is 14.5 Å². The van der Waals surface area contributed by atoms with Gasteiger partial charge < -0.3 is 28.7 Å². The van der Waals surface area contributed by atoms with E-state index in [2.05, 4.69) is 9.88 Å². The molecule has 2 aliphatic rings. The summed E-state index contributed by atoms with van der Waals surface area (Å²) in [4.78, 5) is 33.1. The van der Waals surface area contributed by atoms with Gasteiger partial charge in [0.1, 0.15) is 22.7 Å². The summed E-state index contributed by atoms with van der Waals surface area (Å²) in [5, 5.41) is 0.781. The zero-order chi connectivity index (χ0) is 25.4. The molecule has 37 heavy (non-hydrogen) atoms. The van der Waals surface area contributed by atoms with Crippen molar-refractivity contribution in [3.8, 4) is 28.4 Å². The summed E-state index contributed by atoms with van der Waals surface area (Å²) in [6.07, 6.45) is 3.56. The van der Waals surface area contributed by atoms with Gasteiger partial charge in [0.15, 0.2) is 12.4 Å². The van der Waals surface area contributed by atoms with Crippen molar-refractivity contribution in [2.45, 2.75) is 0 Å². The number of aromatic amines is 1. The summed E-state index contributed by atoms with van der Waals surface area (Å²) in [6, 6.07) is 15.2. The second-order valence-corrected chi connectivity index (χ2v) is 9.22. The average molecular weight is 501 g/mol. The van der Waals surface area contributed by atoms with Crippen LogP contribution in [0.15, 0.2) is 65.7 Å². The number of morpholine rings is 1. The Kier molecular flexibility index (Phi) is 6.15. The van der Waals surface area contributed by atoms with Gasteiger partial charge in [-0.2, -0.15) is 0 Å². The van der Waals surface area contributed by atoms with Crippen LogP contribution in [0.2, 0.25) is 0 Å². The Hall–Kier alpha value is -4.08. The van der Waals surface area contributed by atoms with Gasteiger partial charge in [-0.15, -0.1) is 0 Å². The van der Waals surface area contributed by atoms with Crippen molar-refractivity contribution in [1.82, 2.24) is 14.5 Å². The number of benzene rings is 2. The summed E-state index contributed by atoms with van der Waals surface area (Å²) >= 11 is 0. The minimum Gasteiger partial charge on any atom is -0.481 e. The number of fused-ring (bicyclic) bond motifs is 2. The number of para-hydroxylation sites is 1. The molecular formula is C28H28N4O5. The quantitative estimate of drug-likeness (QED) is 0.437. The molecule has 4 heterocycles. The summed E-state index contributed by atoms with van der Waals surface area (Å²) < 4.78 is 19.4. The number of H-pyrrole nitrogens is 1. The van der Waals surface area contributed by atoms with E-state index in [1.165, 1.54) is 0 Å².